The van der Waals surface area contributed by atoms with Gasteiger partial charge in [-0.05, 0) is 109 Å². The van der Waals surface area contributed by atoms with Crippen LogP contribution in [0.3, 0.4) is 0 Å². The molecule has 45 heavy (non-hydrogen) atoms. The number of fused-ring (bicyclic) bond motifs is 1. The molecule has 3 aliphatic heterocycles. The highest BCUT2D eigenvalue weighted by Gasteiger charge is 2.24. The lowest BCUT2D eigenvalue weighted by Gasteiger charge is -2.30. The van der Waals surface area contributed by atoms with E-state index in [1.807, 2.05) is 30.6 Å². The number of aromatic nitrogens is 4. The number of hydrogen-bond acceptors (Lipinski definition) is 10. The Hall–Kier alpha value is -3.28. The molecule has 2 aromatic heterocycles. The van der Waals surface area contributed by atoms with Crippen LogP contribution in [0.25, 0.3) is 11.2 Å². The number of benzene rings is 1. The van der Waals surface area contributed by atoms with Crippen molar-refractivity contribution in [1.29, 1.82) is 0 Å². The fraction of sp³-hybridized carbons (Fsp3) is 0.647. The van der Waals surface area contributed by atoms with E-state index in [1.54, 1.807) is 0 Å². The summed E-state index contributed by atoms with van der Waals surface area (Å²) < 4.78 is 19.7. The van der Waals surface area contributed by atoms with E-state index in [0.29, 0.717) is 25.0 Å². The van der Waals surface area contributed by atoms with Crippen molar-refractivity contribution in [3.8, 4) is 5.75 Å². The van der Waals surface area contributed by atoms with Crippen LogP contribution in [0.5, 0.6) is 5.75 Å². The second-order valence-electron chi connectivity index (χ2n) is 12.7. The summed E-state index contributed by atoms with van der Waals surface area (Å²) in [5.41, 5.74) is 2.45. The number of ether oxygens (including phenoxy) is 3. The Morgan fingerprint density at radius 3 is 2.47 bits per heavy atom. The van der Waals surface area contributed by atoms with Gasteiger partial charge in [-0.1, -0.05) is 12.8 Å². The standard InChI is InChI=1S/C34H49N7O4/c1-40-19-17-26(18-20-40)36-32-31-33(41(24-35-31)30-12-6-9-23-45-30)39-34(38-32)37-25-13-15-27(16-14-25)43-21-7-3-2-4-10-28(42)29-11-5-8-22-44-29/h13-16,24,26,29-30H,2-12,17-23H2,1H3,(H2,36,37,38,39). The molecule has 0 radical (unpaired) electrons. The molecule has 3 fully saturated rings. The van der Waals surface area contributed by atoms with Gasteiger partial charge < -0.3 is 29.7 Å². The number of nitrogens with zero attached hydrogens (tertiary/aromatic N) is 5. The SMILES string of the molecule is CN1CCC(Nc2nc(Nc3ccc(OCCCCCCC(=O)C4CCCCO4)cc3)nc3c2ncn3C2CCCCO2)CC1. The molecule has 5 heterocycles. The largest absolute Gasteiger partial charge is 0.494 e. The van der Waals surface area contributed by atoms with Crippen LogP contribution in [0.1, 0.15) is 89.7 Å². The van der Waals surface area contributed by atoms with Gasteiger partial charge in [0.2, 0.25) is 5.95 Å². The fourth-order valence-electron chi connectivity index (χ4n) is 6.44. The molecule has 0 aliphatic carbocycles. The topological polar surface area (TPSA) is 116 Å². The van der Waals surface area contributed by atoms with Crippen molar-refractivity contribution in [2.24, 2.45) is 0 Å². The summed E-state index contributed by atoms with van der Waals surface area (Å²) in [5, 5.41) is 7.09. The van der Waals surface area contributed by atoms with E-state index in [4.69, 9.17) is 29.2 Å². The van der Waals surface area contributed by atoms with Crippen molar-refractivity contribution in [3.05, 3.63) is 30.6 Å². The predicted octanol–water partition coefficient (Wildman–Crippen LogP) is 6.24. The van der Waals surface area contributed by atoms with Crippen LogP contribution in [0, 0.1) is 0 Å². The first-order chi connectivity index (χ1) is 22.1. The summed E-state index contributed by atoms with van der Waals surface area (Å²) in [4.78, 5) is 29.2. The number of nitrogens with one attached hydrogen (secondary N) is 2. The highest BCUT2D eigenvalue weighted by Crippen LogP contribution is 2.30. The number of Topliss-reactive ketones (excluding diaryl/α,β-unsaturated/α-hetero) is 1. The zero-order chi connectivity index (χ0) is 30.8. The maximum Gasteiger partial charge on any atom is 0.231 e. The van der Waals surface area contributed by atoms with Gasteiger partial charge in [0.15, 0.2) is 22.8 Å². The smallest absolute Gasteiger partial charge is 0.231 e. The zero-order valence-corrected chi connectivity index (χ0v) is 26.7. The molecule has 2 atom stereocenters. The minimum atomic E-state index is -0.156. The minimum absolute atomic E-state index is 0.0576. The Morgan fingerprint density at radius 1 is 0.933 bits per heavy atom. The molecule has 1 aromatic carbocycles. The predicted molar refractivity (Wildman–Crippen MR) is 175 cm³/mol. The first-order valence-electron chi connectivity index (χ1n) is 17.1. The lowest BCUT2D eigenvalue weighted by Crippen LogP contribution is -2.37. The highest BCUT2D eigenvalue weighted by atomic mass is 16.5. The van der Waals surface area contributed by atoms with Crippen LogP contribution < -0.4 is 15.4 Å². The Labute approximate surface area is 266 Å². The lowest BCUT2D eigenvalue weighted by atomic mass is 10.0. The number of anilines is 3. The molecule has 0 spiro atoms. The van der Waals surface area contributed by atoms with Gasteiger partial charge in [-0.2, -0.15) is 9.97 Å². The van der Waals surface area contributed by atoms with Crippen molar-refractivity contribution >= 4 is 34.4 Å². The number of likely N-dealkylation sites (tertiary alicyclic amines) is 1. The van der Waals surface area contributed by atoms with Crippen molar-refractivity contribution in [2.45, 2.75) is 102 Å². The third kappa shape index (κ3) is 8.71. The van der Waals surface area contributed by atoms with E-state index in [-0.39, 0.29) is 18.1 Å². The highest BCUT2D eigenvalue weighted by molar-refractivity contribution is 5.85. The number of piperidine rings is 1. The third-order valence-electron chi connectivity index (χ3n) is 9.18. The molecule has 3 aromatic rings. The average Bonchev–Trinajstić information content (AvgIpc) is 3.51. The van der Waals surface area contributed by atoms with Gasteiger partial charge >= 0.3 is 0 Å². The minimum Gasteiger partial charge on any atom is -0.494 e. The number of ketones is 1. The number of hydrogen-bond donors (Lipinski definition) is 2. The summed E-state index contributed by atoms with van der Waals surface area (Å²) in [6, 6.07) is 8.28. The first-order valence-corrected chi connectivity index (χ1v) is 17.1. The Balaban J connectivity index is 1.02. The monoisotopic (exact) mass is 619 g/mol. The first kappa shape index (κ1) is 31.7. The molecule has 0 amide bonds. The van der Waals surface area contributed by atoms with Crippen LogP contribution in [-0.4, -0.2) is 82.3 Å². The molecule has 3 aliphatic rings. The van der Waals surface area contributed by atoms with Crippen LogP contribution in [-0.2, 0) is 14.3 Å². The number of unbranched alkanes of at least 4 members (excludes halogenated alkanes) is 3. The number of imidazole rings is 1. The maximum absolute atomic E-state index is 12.3. The van der Waals surface area contributed by atoms with Crippen LogP contribution in [0.4, 0.5) is 17.5 Å². The second kappa shape index (κ2) is 15.8. The van der Waals surface area contributed by atoms with Crippen molar-refractivity contribution < 1.29 is 19.0 Å². The molecule has 11 heteroatoms. The summed E-state index contributed by atoms with van der Waals surface area (Å²) >= 11 is 0. The summed E-state index contributed by atoms with van der Waals surface area (Å²) in [6.07, 6.45) is 14.6. The third-order valence-corrected chi connectivity index (χ3v) is 9.18. The Bertz CT molecular complexity index is 1360. The van der Waals surface area contributed by atoms with Gasteiger partial charge in [-0.15, -0.1) is 0 Å². The molecule has 3 saturated heterocycles. The van der Waals surface area contributed by atoms with E-state index in [2.05, 4.69) is 27.1 Å². The molecule has 0 bridgehead atoms. The van der Waals surface area contributed by atoms with Crippen LogP contribution in [0.2, 0.25) is 0 Å². The zero-order valence-electron chi connectivity index (χ0n) is 26.7. The average molecular weight is 620 g/mol. The van der Waals surface area contributed by atoms with Gasteiger partial charge in [0.05, 0.1) is 12.9 Å². The molecule has 2 N–H and O–H groups in total. The molecule has 244 valence electrons. The van der Waals surface area contributed by atoms with Crippen molar-refractivity contribution in [3.63, 3.8) is 0 Å². The molecule has 11 nitrogen and oxygen atoms in total. The van der Waals surface area contributed by atoms with Crippen molar-refractivity contribution in [2.75, 3.05) is 50.6 Å². The Kier molecular flexibility index (Phi) is 11.1. The molecular formula is C34H49N7O4. The summed E-state index contributed by atoms with van der Waals surface area (Å²) in [5.74, 6) is 2.40. The normalized spacial score (nSPS) is 21.5. The maximum atomic E-state index is 12.3. The van der Waals surface area contributed by atoms with E-state index in [9.17, 15) is 4.79 Å². The van der Waals surface area contributed by atoms with Gasteiger partial charge in [0, 0.05) is 31.4 Å². The van der Waals surface area contributed by atoms with E-state index >= 15 is 0 Å². The molecule has 6 rings (SSSR count). The molecule has 0 saturated carbocycles. The fourth-order valence-corrected chi connectivity index (χ4v) is 6.44. The number of rotatable bonds is 14. The van der Waals surface area contributed by atoms with Gasteiger partial charge in [0.25, 0.3) is 0 Å². The van der Waals surface area contributed by atoms with Crippen LogP contribution in [0.15, 0.2) is 30.6 Å². The Morgan fingerprint density at radius 2 is 1.71 bits per heavy atom. The van der Waals surface area contributed by atoms with E-state index in [0.717, 1.165) is 132 Å². The summed E-state index contributed by atoms with van der Waals surface area (Å²) in [7, 11) is 2.17. The van der Waals surface area contributed by atoms with Gasteiger partial charge in [-0.25, -0.2) is 4.98 Å². The van der Waals surface area contributed by atoms with E-state index < -0.39 is 0 Å². The summed E-state index contributed by atoms with van der Waals surface area (Å²) in [6.45, 7) is 4.27. The second-order valence-corrected chi connectivity index (χ2v) is 12.7. The van der Waals surface area contributed by atoms with Crippen molar-refractivity contribution in [1.82, 2.24) is 24.4 Å². The quantitative estimate of drug-likeness (QED) is 0.201. The molecule has 2 unspecified atom stereocenters. The molecular weight excluding hydrogens is 570 g/mol. The van der Waals surface area contributed by atoms with Gasteiger partial charge in [-0.3, -0.25) is 9.36 Å². The number of carbonyl (C=O) groups is 1. The number of carbonyl (C=O) groups excluding carboxylic acids is 1. The van der Waals surface area contributed by atoms with Crippen LogP contribution >= 0.6 is 0 Å². The lowest BCUT2D eigenvalue weighted by molar-refractivity contribution is -0.133. The van der Waals surface area contributed by atoms with Gasteiger partial charge in [0.1, 0.15) is 18.1 Å². The van der Waals surface area contributed by atoms with E-state index in [1.165, 1.54) is 0 Å².